The van der Waals surface area contributed by atoms with Crippen LogP contribution < -0.4 is 5.32 Å². The van der Waals surface area contributed by atoms with Gasteiger partial charge >= 0.3 is 6.09 Å². The first-order chi connectivity index (χ1) is 34.5. The Bertz CT molecular complexity index is 2340. The Hall–Kier alpha value is -2.81. The Balaban J connectivity index is 0.000000153. The number of carbonyl (C=O) groups is 3. The van der Waals surface area contributed by atoms with E-state index in [0.29, 0.717) is 70.7 Å². The predicted octanol–water partition coefficient (Wildman–Crippen LogP) is 13.4. The van der Waals surface area contributed by atoms with Crippen LogP contribution in [0.1, 0.15) is 189 Å². The average molecular weight is 985 g/mol. The van der Waals surface area contributed by atoms with Gasteiger partial charge in [0.15, 0.2) is 0 Å². The van der Waals surface area contributed by atoms with Crippen LogP contribution in [0, 0.1) is 81.8 Å². The Morgan fingerprint density at radius 1 is 0.681 bits per heavy atom. The van der Waals surface area contributed by atoms with Gasteiger partial charge < -0.3 is 24.4 Å². The molecule has 72 heavy (non-hydrogen) atoms. The number of ketones is 2. The van der Waals surface area contributed by atoms with Crippen LogP contribution in [0.25, 0.3) is 0 Å². The van der Waals surface area contributed by atoms with Gasteiger partial charge in [-0.05, 0) is 199 Å². The number of ether oxygens (including phenoxy) is 3. The van der Waals surface area contributed by atoms with E-state index in [4.69, 9.17) is 14.2 Å². The Morgan fingerprint density at radius 2 is 1.22 bits per heavy atom. The fourth-order valence-corrected chi connectivity index (χ4v) is 20.5. The molecule has 8 aliphatic carbocycles. The van der Waals surface area contributed by atoms with Crippen LogP contribution >= 0.6 is 0 Å². The molecule has 13 rings (SSSR count). The molecule has 0 unspecified atom stereocenters. The van der Waals surface area contributed by atoms with Gasteiger partial charge in [-0.3, -0.25) is 9.59 Å². The van der Waals surface area contributed by atoms with Gasteiger partial charge in [-0.15, -0.1) is 0 Å². The van der Waals surface area contributed by atoms with Crippen LogP contribution in [-0.4, -0.2) is 71.1 Å². The first kappa shape index (κ1) is 50.0. The molecular weight excluding hydrogens is 893 g/mol. The van der Waals surface area contributed by atoms with Crippen molar-refractivity contribution in [2.45, 2.75) is 226 Å². The van der Waals surface area contributed by atoms with Gasteiger partial charge in [0.1, 0.15) is 18.2 Å². The molecule has 8 heteroatoms. The molecule has 0 radical (unpaired) electrons. The summed E-state index contributed by atoms with van der Waals surface area (Å²) in [5, 5.41) is 3.85. The van der Waals surface area contributed by atoms with E-state index in [9.17, 15) is 14.4 Å². The molecule has 12 aliphatic rings. The monoisotopic (exact) mass is 985 g/mol. The Morgan fingerprint density at radius 3 is 1.81 bits per heavy atom. The molecule has 1 amide bonds. The molecule has 394 valence electrons. The fraction of sp³-hybridized carbons (Fsp3) is 0.797. The van der Waals surface area contributed by atoms with Crippen LogP contribution in [0.4, 0.5) is 4.79 Å². The van der Waals surface area contributed by atoms with Crippen molar-refractivity contribution in [1.29, 1.82) is 0 Å². The number of amides is 1. The third-order valence-corrected chi connectivity index (χ3v) is 24.5. The van der Waals surface area contributed by atoms with E-state index in [1.165, 1.54) is 64.2 Å². The normalized spacial score (nSPS) is 48.2. The highest BCUT2D eigenvalue weighted by molar-refractivity contribution is 5.80. The number of piperidine rings is 2. The van der Waals surface area contributed by atoms with Crippen molar-refractivity contribution in [2.75, 3.05) is 13.1 Å². The molecule has 4 saturated heterocycles. The van der Waals surface area contributed by atoms with Gasteiger partial charge in [0.05, 0.1) is 29.5 Å². The second-order valence-electron chi connectivity index (χ2n) is 28.1. The summed E-state index contributed by atoms with van der Waals surface area (Å²) < 4.78 is 20.1. The van der Waals surface area contributed by atoms with E-state index in [1.54, 1.807) is 16.7 Å². The quantitative estimate of drug-likeness (QED) is 0.295. The van der Waals surface area contributed by atoms with E-state index in [0.717, 1.165) is 118 Å². The average Bonchev–Trinajstić information content (AvgIpc) is 4.03. The maximum Gasteiger partial charge on any atom is 0.410 e. The molecule has 1 aromatic rings. The fourth-order valence-electron chi connectivity index (χ4n) is 20.5. The summed E-state index contributed by atoms with van der Waals surface area (Å²) >= 11 is 0. The van der Waals surface area contributed by atoms with Crippen LogP contribution in [0.5, 0.6) is 0 Å². The molecular formula is C64H92N2O6. The second kappa shape index (κ2) is 18.7. The zero-order chi connectivity index (χ0) is 50.1. The molecule has 8 nitrogen and oxygen atoms in total. The predicted molar refractivity (Wildman–Crippen MR) is 283 cm³/mol. The van der Waals surface area contributed by atoms with E-state index in [2.05, 4.69) is 60.7 Å². The number of fused-ring (bicyclic) bond motifs is 12. The summed E-state index contributed by atoms with van der Waals surface area (Å²) in [5.74, 6) is 8.88. The molecule has 1 aromatic carbocycles. The SMILES string of the molecule is CC1=C2C[C@H]3[C@@H](CC[C@@H]4CC(=O)CC[C@@]43C)[C@@H]2CC[C@@]2(C1)O[C@@H]1C[C@H](C)CN(C(=O)OCc3ccccc3)[C@H]1[C@H]2C.CC1=C2C[C@H]3[C@@H](CC[C@@H]4CC(=O)CC[C@@]43C)[C@@H]2CC[C@@]2(C1)O[C@@H]1C[C@H](C)CN[C@H]1[C@H]2C. The summed E-state index contributed by atoms with van der Waals surface area (Å²) in [5.41, 5.74) is 8.39. The molecule has 4 heterocycles. The van der Waals surface area contributed by atoms with Crippen LogP contribution in [0.3, 0.4) is 0 Å². The topological polar surface area (TPSA) is 94.2 Å². The smallest absolute Gasteiger partial charge is 0.410 e. The lowest BCUT2D eigenvalue weighted by molar-refractivity contribution is -0.130. The number of rotatable bonds is 2. The highest BCUT2D eigenvalue weighted by Crippen LogP contribution is 2.67. The standard InChI is InChI=1S/C36H49NO4.C28H43NO2/c1-22-16-32-33(37(20-22)34(39)40-21-25-8-6-5-7-9-25)24(3)36(41-32)15-13-28-29-11-10-26-17-27(38)12-14-35(26,4)31(29)18-30(28)23(2)19-36;1-16-11-25-26(29-15-16)18(3)28(31-25)10-8-21-22-6-5-19-12-20(30)7-9-27(19,4)24(22)13-23(21)17(2)14-28/h5-9,22,24,26,28-29,31-33H,10-21H2,1-4H3;16,18-19,21-22,24-26,29H,5-15H2,1-4H3/t22-,24+,26+,28-,29-,31-,32+,33-,35-,36-;16-,18+,19+,21-,22-,24-,25+,26-,27-,28-/m00/s1. The summed E-state index contributed by atoms with van der Waals surface area (Å²) in [6.45, 7) is 21.6. The van der Waals surface area contributed by atoms with Crippen molar-refractivity contribution in [3.8, 4) is 0 Å². The van der Waals surface area contributed by atoms with Crippen molar-refractivity contribution in [3.05, 3.63) is 58.2 Å². The van der Waals surface area contributed by atoms with Gasteiger partial charge in [0.2, 0.25) is 0 Å². The number of likely N-dealkylation sites (tertiary alicyclic amines) is 1. The van der Waals surface area contributed by atoms with E-state index in [-0.39, 0.29) is 35.4 Å². The molecule has 6 saturated carbocycles. The van der Waals surface area contributed by atoms with Crippen LogP contribution in [0.2, 0.25) is 0 Å². The zero-order valence-electron chi connectivity index (χ0n) is 45.8. The first-order valence-electron chi connectivity index (χ1n) is 30.0. The molecule has 4 aliphatic heterocycles. The largest absolute Gasteiger partial charge is 0.445 e. The zero-order valence-corrected chi connectivity index (χ0v) is 45.8. The summed E-state index contributed by atoms with van der Waals surface area (Å²) in [7, 11) is 0. The van der Waals surface area contributed by atoms with Crippen molar-refractivity contribution >= 4 is 17.7 Å². The number of benzene rings is 1. The third kappa shape index (κ3) is 8.22. The number of nitrogens with one attached hydrogen (secondary N) is 1. The number of carbonyl (C=O) groups excluding carboxylic acids is 3. The molecule has 20 atom stereocenters. The maximum absolute atomic E-state index is 13.5. The third-order valence-electron chi connectivity index (χ3n) is 24.5. The molecule has 2 spiro atoms. The van der Waals surface area contributed by atoms with Crippen molar-refractivity contribution in [1.82, 2.24) is 10.2 Å². The Labute approximate surface area is 433 Å². The van der Waals surface area contributed by atoms with Gasteiger partial charge in [-0.25, -0.2) is 4.79 Å². The lowest BCUT2D eigenvalue weighted by Crippen LogP contribution is -2.54. The lowest BCUT2D eigenvalue weighted by atomic mass is 9.52. The summed E-state index contributed by atoms with van der Waals surface area (Å²) in [4.78, 5) is 40.0. The minimum absolute atomic E-state index is 0.0572. The Kier molecular flexibility index (Phi) is 13.0. The second-order valence-corrected chi connectivity index (χ2v) is 28.1. The number of hydrogen-bond acceptors (Lipinski definition) is 7. The molecule has 1 N–H and O–H groups in total. The number of Topliss-reactive ketones (excluding diaryl/α,β-unsaturated/α-hetero) is 2. The van der Waals surface area contributed by atoms with Crippen LogP contribution in [0.15, 0.2) is 52.6 Å². The number of nitrogens with zero attached hydrogens (tertiary/aromatic N) is 1. The van der Waals surface area contributed by atoms with Crippen molar-refractivity contribution in [2.24, 2.45) is 81.8 Å². The minimum Gasteiger partial charge on any atom is -0.445 e. The van der Waals surface area contributed by atoms with Gasteiger partial charge in [-0.2, -0.15) is 0 Å². The number of hydrogen-bond donors (Lipinski definition) is 1. The van der Waals surface area contributed by atoms with Crippen molar-refractivity contribution < 1.29 is 28.6 Å². The van der Waals surface area contributed by atoms with E-state index < -0.39 is 0 Å². The minimum atomic E-state index is -0.202. The summed E-state index contributed by atoms with van der Waals surface area (Å²) in [6, 6.07) is 10.6. The van der Waals surface area contributed by atoms with E-state index >= 15 is 0 Å². The summed E-state index contributed by atoms with van der Waals surface area (Å²) in [6.07, 6.45) is 22.8. The molecule has 0 aromatic heterocycles. The highest BCUT2D eigenvalue weighted by atomic mass is 16.6. The van der Waals surface area contributed by atoms with Gasteiger partial charge in [-0.1, -0.05) is 94.2 Å². The van der Waals surface area contributed by atoms with Gasteiger partial charge in [0, 0.05) is 50.1 Å². The van der Waals surface area contributed by atoms with Gasteiger partial charge in [0.25, 0.3) is 0 Å². The van der Waals surface area contributed by atoms with Crippen LogP contribution in [-0.2, 0) is 30.4 Å². The number of allylic oxidation sites excluding steroid dienone is 2. The lowest BCUT2D eigenvalue weighted by Gasteiger charge is -2.52. The van der Waals surface area contributed by atoms with Crippen molar-refractivity contribution in [3.63, 3.8) is 0 Å². The first-order valence-corrected chi connectivity index (χ1v) is 30.0. The molecule has 10 fully saturated rings. The maximum atomic E-state index is 13.5. The molecule has 0 bridgehead atoms. The van der Waals surface area contributed by atoms with E-state index in [1.807, 2.05) is 40.8 Å². The highest BCUT2D eigenvalue weighted by Gasteiger charge is 2.62.